The molecule has 0 unspecified atom stereocenters. The molecule has 1 saturated heterocycles. The van der Waals surface area contributed by atoms with Crippen LogP contribution in [-0.4, -0.2) is 57.5 Å². The van der Waals surface area contributed by atoms with Crippen LogP contribution in [0.1, 0.15) is 39.4 Å². The van der Waals surface area contributed by atoms with Crippen LogP contribution in [0.2, 0.25) is 0 Å². The zero-order chi connectivity index (χ0) is 16.1. The van der Waals surface area contributed by atoms with Gasteiger partial charge in [0.15, 0.2) is 0 Å². The lowest BCUT2D eigenvalue weighted by Crippen LogP contribution is -2.50. The van der Waals surface area contributed by atoms with Gasteiger partial charge in [0.1, 0.15) is 5.82 Å². The molecule has 2 rings (SSSR count). The molecule has 1 aromatic rings. The third-order valence-electron chi connectivity index (χ3n) is 4.92. The smallest absolute Gasteiger partial charge is 0.239 e. The Kier molecular flexibility index (Phi) is 6.00. The maximum atomic E-state index is 12.6. The first kappa shape index (κ1) is 17.0. The summed E-state index contributed by atoms with van der Waals surface area (Å²) >= 11 is 0. The summed E-state index contributed by atoms with van der Waals surface area (Å²) in [5.74, 6) is 2.01. The Balaban J connectivity index is 1.95. The van der Waals surface area contributed by atoms with Gasteiger partial charge in [-0.05, 0) is 46.1 Å². The molecular formula is C17H30N4O. The molecule has 1 amide bonds. The first-order valence-electron chi connectivity index (χ1n) is 8.55. The van der Waals surface area contributed by atoms with Crippen molar-refractivity contribution in [3.8, 4) is 0 Å². The van der Waals surface area contributed by atoms with Crippen molar-refractivity contribution in [2.75, 3.05) is 26.2 Å². The fourth-order valence-electron chi connectivity index (χ4n) is 3.42. The monoisotopic (exact) mass is 306 g/mol. The molecular weight excluding hydrogens is 276 g/mol. The minimum atomic E-state index is -0.0101. The van der Waals surface area contributed by atoms with Gasteiger partial charge >= 0.3 is 0 Å². The molecule has 1 aliphatic rings. The van der Waals surface area contributed by atoms with Crippen LogP contribution in [0.25, 0.3) is 0 Å². The van der Waals surface area contributed by atoms with Gasteiger partial charge < -0.3 is 9.47 Å². The number of aryl methyl sites for hydroxylation is 1. The van der Waals surface area contributed by atoms with Crippen LogP contribution in [0, 0.1) is 5.92 Å². The van der Waals surface area contributed by atoms with E-state index in [1.807, 2.05) is 31.1 Å². The molecule has 124 valence electrons. The predicted octanol–water partition coefficient (Wildman–Crippen LogP) is 1.93. The Morgan fingerprint density at radius 2 is 2.18 bits per heavy atom. The van der Waals surface area contributed by atoms with Crippen LogP contribution < -0.4 is 0 Å². The number of hydrogen-bond donors (Lipinski definition) is 0. The molecule has 2 heterocycles. The lowest BCUT2D eigenvalue weighted by Gasteiger charge is -2.37. The zero-order valence-electron chi connectivity index (χ0n) is 14.5. The summed E-state index contributed by atoms with van der Waals surface area (Å²) in [5.41, 5.74) is 0. The number of aromatic nitrogens is 2. The van der Waals surface area contributed by atoms with Crippen LogP contribution in [0.4, 0.5) is 0 Å². The minimum absolute atomic E-state index is 0.0101. The number of likely N-dealkylation sites (tertiary alicyclic amines) is 1. The number of carbonyl (C=O) groups is 1. The Morgan fingerprint density at radius 1 is 1.45 bits per heavy atom. The summed E-state index contributed by atoms with van der Waals surface area (Å²) in [4.78, 5) is 21.3. The van der Waals surface area contributed by atoms with Gasteiger partial charge in [0.25, 0.3) is 0 Å². The Bertz CT molecular complexity index is 481. The number of piperidine rings is 1. The van der Waals surface area contributed by atoms with E-state index in [1.54, 1.807) is 0 Å². The third-order valence-corrected chi connectivity index (χ3v) is 4.92. The molecule has 0 aliphatic carbocycles. The average Bonchev–Trinajstić information content (AvgIpc) is 2.93. The second kappa shape index (κ2) is 7.77. The first-order chi connectivity index (χ1) is 10.6. The first-order valence-corrected chi connectivity index (χ1v) is 8.55. The molecule has 0 spiro atoms. The minimum Gasteiger partial charge on any atom is -0.342 e. The van der Waals surface area contributed by atoms with Gasteiger partial charge in [-0.1, -0.05) is 0 Å². The summed E-state index contributed by atoms with van der Waals surface area (Å²) in [6.07, 6.45) is 7.28. The highest BCUT2D eigenvalue weighted by Gasteiger charge is 2.29. The fourth-order valence-corrected chi connectivity index (χ4v) is 3.42. The molecule has 22 heavy (non-hydrogen) atoms. The quantitative estimate of drug-likeness (QED) is 0.806. The molecule has 2 atom stereocenters. The summed E-state index contributed by atoms with van der Waals surface area (Å²) in [5, 5.41) is 0. The molecule has 0 N–H and O–H groups in total. The predicted molar refractivity (Wildman–Crippen MR) is 88.6 cm³/mol. The van der Waals surface area contributed by atoms with Gasteiger partial charge in [-0.25, -0.2) is 4.98 Å². The van der Waals surface area contributed by atoms with Gasteiger partial charge in [0, 0.05) is 45.5 Å². The van der Waals surface area contributed by atoms with E-state index in [1.165, 1.54) is 12.8 Å². The van der Waals surface area contributed by atoms with Crippen molar-refractivity contribution in [1.29, 1.82) is 0 Å². The van der Waals surface area contributed by atoms with E-state index in [0.717, 1.165) is 38.4 Å². The lowest BCUT2D eigenvalue weighted by atomic mass is 9.93. The lowest BCUT2D eigenvalue weighted by molar-refractivity contribution is -0.136. The summed E-state index contributed by atoms with van der Waals surface area (Å²) in [6.45, 7) is 9.78. The number of likely N-dealkylation sites (N-methyl/N-ethyl adjacent to an activating group) is 1. The van der Waals surface area contributed by atoms with E-state index in [0.29, 0.717) is 5.92 Å². The van der Waals surface area contributed by atoms with E-state index in [-0.39, 0.29) is 11.9 Å². The van der Waals surface area contributed by atoms with E-state index < -0.39 is 0 Å². The number of amides is 1. The number of carbonyl (C=O) groups excluding carboxylic acids is 1. The van der Waals surface area contributed by atoms with Crippen LogP contribution >= 0.6 is 0 Å². The van der Waals surface area contributed by atoms with E-state index >= 15 is 0 Å². The number of imidazole rings is 1. The van der Waals surface area contributed by atoms with Gasteiger partial charge in [0.05, 0.1) is 6.04 Å². The van der Waals surface area contributed by atoms with Crippen LogP contribution in [0.3, 0.4) is 0 Å². The highest BCUT2D eigenvalue weighted by molar-refractivity contribution is 5.81. The third kappa shape index (κ3) is 3.88. The Labute approximate surface area is 134 Å². The van der Waals surface area contributed by atoms with Crippen molar-refractivity contribution >= 4 is 5.91 Å². The molecule has 0 saturated carbocycles. The molecule has 1 aliphatic heterocycles. The van der Waals surface area contributed by atoms with Gasteiger partial charge in [0.2, 0.25) is 5.91 Å². The van der Waals surface area contributed by atoms with Crippen molar-refractivity contribution in [3.63, 3.8) is 0 Å². The summed E-state index contributed by atoms with van der Waals surface area (Å²) in [6, 6.07) is -0.0101. The molecule has 0 aromatic carbocycles. The Hall–Kier alpha value is -1.36. The summed E-state index contributed by atoms with van der Waals surface area (Å²) in [7, 11) is 2.05. The largest absolute Gasteiger partial charge is 0.342 e. The number of nitrogens with zero attached hydrogens (tertiary/aromatic N) is 4. The normalized spacial score (nSPS) is 20.8. The maximum absolute atomic E-state index is 12.6. The molecule has 0 radical (unpaired) electrons. The van der Waals surface area contributed by atoms with Crippen molar-refractivity contribution in [2.24, 2.45) is 13.0 Å². The van der Waals surface area contributed by atoms with Crippen LogP contribution in [0.15, 0.2) is 12.4 Å². The second-order valence-electron chi connectivity index (χ2n) is 6.35. The van der Waals surface area contributed by atoms with Crippen molar-refractivity contribution in [1.82, 2.24) is 19.4 Å². The fraction of sp³-hybridized carbons (Fsp3) is 0.765. The Morgan fingerprint density at radius 3 is 2.77 bits per heavy atom. The standard InChI is InChI=1S/C17H30N4O/c1-5-20(6-2)17(22)14(3)21-10-7-8-15(13-21)12-16-18-9-11-19(16)4/h9,11,14-15H,5-8,10,12-13H2,1-4H3/t14-,15+/m0/s1. The van der Waals surface area contributed by atoms with E-state index in [4.69, 9.17) is 0 Å². The molecule has 5 nitrogen and oxygen atoms in total. The molecule has 1 fully saturated rings. The topological polar surface area (TPSA) is 41.4 Å². The van der Waals surface area contributed by atoms with E-state index in [9.17, 15) is 4.79 Å². The molecule has 0 bridgehead atoms. The molecule has 5 heteroatoms. The van der Waals surface area contributed by atoms with Crippen molar-refractivity contribution in [3.05, 3.63) is 18.2 Å². The van der Waals surface area contributed by atoms with Gasteiger partial charge in [-0.3, -0.25) is 9.69 Å². The molecule has 1 aromatic heterocycles. The average molecular weight is 306 g/mol. The van der Waals surface area contributed by atoms with Crippen molar-refractivity contribution in [2.45, 2.75) is 46.1 Å². The highest BCUT2D eigenvalue weighted by Crippen LogP contribution is 2.22. The summed E-state index contributed by atoms with van der Waals surface area (Å²) < 4.78 is 2.10. The zero-order valence-corrected chi connectivity index (χ0v) is 14.5. The van der Waals surface area contributed by atoms with Crippen molar-refractivity contribution < 1.29 is 4.79 Å². The van der Waals surface area contributed by atoms with Gasteiger partial charge in [-0.15, -0.1) is 0 Å². The maximum Gasteiger partial charge on any atom is 0.239 e. The van der Waals surface area contributed by atoms with E-state index in [2.05, 4.69) is 28.4 Å². The highest BCUT2D eigenvalue weighted by atomic mass is 16.2. The second-order valence-corrected chi connectivity index (χ2v) is 6.35. The van der Waals surface area contributed by atoms with Gasteiger partial charge in [-0.2, -0.15) is 0 Å². The number of hydrogen-bond acceptors (Lipinski definition) is 3. The SMILES string of the molecule is CCN(CC)C(=O)[C@H](C)N1CCC[C@H](Cc2nccn2C)C1. The van der Waals surface area contributed by atoms with Crippen LogP contribution in [0.5, 0.6) is 0 Å². The number of rotatable bonds is 6. The van der Waals surface area contributed by atoms with Crippen LogP contribution in [-0.2, 0) is 18.3 Å².